The van der Waals surface area contributed by atoms with E-state index in [-0.39, 0.29) is 9.79 Å². The highest BCUT2D eigenvalue weighted by Gasteiger charge is 2.21. The van der Waals surface area contributed by atoms with E-state index in [4.69, 9.17) is 0 Å². The molecule has 0 atom stereocenters. The van der Waals surface area contributed by atoms with Gasteiger partial charge < -0.3 is 0 Å². The third-order valence-electron chi connectivity index (χ3n) is 3.72. The summed E-state index contributed by atoms with van der Waals surface area (Å²) in [5.41, 5.74) is 2.32. The van der Waals surface area contributed by atoms with E-state index in [1.54, 1.807) is 38.1 Å². The fraction of sp³-hybridized carbons (Fsp3) is 0.294. The lowest BCUT2D eigenvalue weighted by Crippen LogP contribution is -2.41. The Hall–Kier alpha value is -1.74. The summed E-state index contributed by atoms with van der Waals surface area (Å²) in [4.78, 5) is 3.93. The molecule has 2 N–H and O–H groups in total. The first-order valence-electron chi connectivity index (χ1n) is 7.85. The van der Waals surface area contributed by atoms with Gasteiger partial charge in [-0.25, -0.2) is 16.8 Å². The molecule has 2 aromatic rings. The molecule has 0 saturated carbocycles. The lowest BCUT2D eigenvalue weighted by Gasteiger charge is -2.12. The fourth-order valence-corrected chi connectivity index (χ4v) is 4.78. The smallest absolute Gasteiger partial charge is 0.206 e. The monoisotopic (exact) mass is 382 g/mol. The Morgan fingerprint density at radius 1 is 0.840 bits per heavy atom. The Bertz CT molecular complexity index is 951. The zero-order valence-corrected chi connectivity index (χ0v) is 16.0. The van der Waals surface area contributed by atoms with Crippen LogP contribution in [0.15, 0.2) is 52.3 Å². The average molecular weight is 383 g/mol. The lowest BCUT2D eigenvalue weighted by molar-refractivity contribution is 0.557. The molecular weight excluding hydrogens is 360 g/mol. The summed E-state index contributed by atoms with van der Waals surface area (Å²) in [6, 6.07) is 11.3. The summed E-state index contributed by atoms with van der Waals surface area (Å²) in [5.74, 6) is 0. The van der Waals surface area contributed by atoms with Gasteiger partial charge in [0.05, 0.1) is 9.79 Å². The van der Waals surface area contributed by atoms with E-state index < -0.39 is 20.0 Å². The van der Waals surface area contributed by atoms with Crippen LogP contribution in [0.25, 0.3) is 0 Å². The van der Waals surface area contributed by atoms with Crippen LogP contribution >= 0.6 is 0 Å². The van der Waals surface area contributed by atoms with Crippen molar-refractivity contribution in [1.29, 1.82) is 0 Å². The first-order chi connectivity index (χ1) is 11.7. The molecule has 2 rings (SSSR count). The number of rotatable bonds is 7. The highest BCUT2D eigenvalue weighted by Crippen LogP contribution is 2.17. The molecule has 0 heterocycles. The average Bonchev–Trinajstić information content (AvgIpc) is 2.56. The van der Waals surface area contributed by atoms with Crippen molar-refractivity contribution in [3.05, 3.63) is 59.2 Å². The second kappa shape index (κ2) is 7.65. The van der Waals surface area contributed by atoms with Gasteiger partial charge in [0.15, 0.2) is 0 Å². The third-order valence-corrected chi connectivity index (χ3v) is 6.50. The van der Waals surface area contributed by atoms with Gasteiger partial charge in [0.1, 0.15) is 0 Å². The molecule has 0 aliphatic heterocycles. The predicted octanol–water partition coefficient (Wildman–Crippen LogP) is 2.43. The Morgan fingerprint density at radius 3 is 2.04 bits per heavy atom. The van der Waals surface area contributed by atoms with Crippen molar-refractivity contribution < 1.29 is 16.8 Å². The molecule has 0 spiro atoms. The largest absolute Gasteiger partial charge is 0.254 e. The minimum absolute atomic E-state index is 0.00369. The first-order valence-corrected chi connectivity index (χ1v) is 10.8. The molecule has 0 aromatic heterocycles. The molecule has 0 bridgehead atoms. The summed E-state index contributed by atoms with van der Waals surface area (Å²) in [7, 11) is -8.01. The van der Waals surface area contributed by atoms with E-state index >= 15 is 0 Å². The van der Waals surface area contributed by atoms with E-state index in [0.717, 1.165) is 24.0 Å². The topological polar surface area (TPSA) is 92.3 Å². The van der Waals surface area contributed by atoms with Crippen LogP contribution in [0.1, 0.15) is 30.0 Å². The highest BCUT2D eigenvalue weighted by atomic mass is 32.2. The lowest BCUT2D eigenvalue weighted by atomic mass is 10.1. The molecule has 0 saturated heterocycles. The molecule has 136 valence electrons. The Labute approximate surface area is 149 Å². The molecule has 0 aliphatic rings. The molecule has 2 aromatic carbocycles. The maximum atomic E-state index is 12.4. The van der Waals surface area contributed by atoms with E-state index in [1.165, 1.54) is 18.2 Å². The third kappa shape index (κ3) is 4.88. The number of hydrazine groups is 1. The summed E-state index contributed by atoms with van der Waals surface area (Å²) < 4.78 is 49.4. The van der Waals surface area contributed by atoms with Crippen LogP contribution in [0, 0.1) is 13.8 Å². The normalized spacial score (nSPS) is 12.3. The maximum Gasteiger partial charge on any atom is 0.254 e. The van der Waals surface area contributed by atoms with Gasteiger partial charge in [0.25, 0.3) is 20.0 Å². The Balaban J connectivity index is 2.19. The highest BCUT2D eigenvalue weighted by molar-refractivity contribution is 7.92. The van der Waals surface area contributed by atoms with Gasteiger partial charge in [0.2, 0.25) is 0 Å². The first kappa shape index (κ1) is 19.6. The SMILES string of the molecule is CCCc1ccc(S(=O)(=O)NNS(=O)(=O)c2cc(C)ccc2C)cc1. The van der Waals surface area contributed by atoms with Gasteiger partial charge in [0, 0.05) is 0 Å². The maximum absolute atomic E-state index is 12.4. The minimum Gasteiger partial charge on any atom is -0.206 e. The molecule has 0 amide bonds. The van der Waals surface area contributed by atoms with Gasteiger partial charge in [-0.2, -0.15) is 0 Å². The van der Waals surface area contributed by atoms with Crippen molar-refractivity contribution in [1.82, 2.24) is 9.66 Å². The van der Waals surface area contributed by atoms with Gasteiger partial charge in [-0.05, 0) is 55.2 Å². The van der Waals surface area contributed by atoms with E-state index in [1.807, 2.05) is 16.6 Å². The van der Waals surface area contributed by atoms with Crippen molar-refractivity contribution in [3.8, 4) is 0 Å². The van der Waals surface area contributed by atoms with Crippen molar-refractivity contribution >= 4 is 20.0 Å². The molecule has 0 unspecified atom stereocenters. The summed E-state index contributed by atoms with van der Waals surface area (Å²) in [5, 5.41) is 0. The summed E-state index contributed by atoms with van der Waals surface area (Å²) in [6.07, 6.45) is 1.81. The quantitative estimate of drug-likeness (QED) is 0.720. The number of nitrogens with one attached hydrogen (secondary N) is 2. The predicted molar refractivity (Wildman–Crippen MR) is 97.0 cm³/mol. The van der Waals surface area contributed by atoms with Gasteiger partial charge in [-0.1, -0.05) is 37.6 Å². The van der Waals surface area contributed by atoms with Crippen LogP contribution in [-0.2, 0) is 26.5 Å². The zero-order valence-electron chi connectivity index (χ0n) is 14.4. The van der Waals surface area contributed by atoms with Crippen LogP contribution < -0.4 is 9.66 Å². The van der Waals surface area contributed by atoms with Crippen LogP contribution in [0.2, 0.25) is 0 Å². The molecular formula is C17H22N2O4S2. The summed E-state index contributed by atoms with van der Waals surface area (Å²) in [6.45, 7) is 5.45. The van der Waals surface area contributed by atoms with Crippen molar-refractivity contribution in [2.45, 2.75) is 43.4 Å². The van der Waals surface area contributed by atoms with Gasteiger partial charge >= 0.3 is 0 Å². The number of aryl methyl sites for hydroxylation is 3. The Kier molecular flexibility index (Phi) is 5.99. The molecule has 25 heavy (non-hydrogen) atoms. The number of hydrogen-bond donors (Lipinski definition) is 2. The molecule has 6 nitrogen and oxygen atoms in total. The van der Waals surface area contributed by atoms with Crippen LogP contribution in [0.5, 0.6) is 0 Å². The van der Waals surface area contributed by atoms with Gasteiger partial charge in [-0.15, -0.1) is 9.66 Å². The minimum atomic E-state index is -4.01. The van der Waals surface area contributed by atoms with Crippen molar-refractivity contribution in [2.75, 3.05) is 0 Å². The Morgan fingerprint density at radius 2 is 1.44 bits per heavy atom. The van der Waals surface area contributed by atoms with Crippen LogP contribution in [0.3, 0.4) is 0 Å². The standard InChI is InChI=1S/C17H22N2O4S2/c1-4-5-15-8-10-16(11-9-15)24(20,21)18-19-25(22,23)17-12-13(2)6-7-14(17)3/h6-12,18-19H,4-5H2,1-3H3. The number of sulfonamides is 2. The van der Waals surface area contributed by atoms with Crippen LogP contribution in [0.4, 0.5) is 0 Å². The number of benzene rings is 2. The van der Waals surface area contributed by atoms with E-state index in [0.29, 0.717) is 5.56 Å². The number of hydrogen-bond acceptors (Lipinski definition) is 4. The zero-order chi connectivity index (χ0) is 18.7. The van der Waals surface area contributed by atoms with E-state index in [2.05, 4.69) is 0 Å². The molecule has 0 fully saturated rings. The second-order valence-corrected chi connectivity index (χ2v) is 9.21. The fourth-order valence-electron chi connectivity index (χ4n) is 2.34. The van der Waals surface area contributed by atoms with Crippen LogP contribution in [-0.4, -0.2) is 16.8 Å². The summed E-state index contributed by atoms with van der Waals surface area (Å²) >= 11 is 0. The molecule has 0 radical (unpaired) electrons. The second-order valence-electron chi connectivity index (χ2n) is 5.87. The van der Waals surface area contributed by atoms with E-state index in [9.17, 15) is 16.8 Å². The molecule has 0 aliphatic carbocycles. The molecule has 8 heteroatoms. The van der Waals surface area contributed by atoms with Crippen molar-refractivity contribution in [2.24, 2.45) is 0 Å². The van der Waals surface area contributed by atoms with Crippen molar-refractivity contribution in [3.63, 3.8) is 0 Å². The van der Waals surface area contributed by atoms with Gasteiger partial charge in [-0.3, -0.25) is 0 Å².